The van der Waals surface area contributed by atoms with Crippen LogP contribution in [0.5, 0.6) is 0 Å². The number of rotatable bonds is 6. The number of nitrogens with zero attached hydrogens (tertiary/aromatic N) is 2. The second-order valence-electron chi connectivity index (χ2n) is 6.79. The van der Waals surface area contributed by atoms with Crippen molar-refractivity contribution in [2.45, 2.75) is 45.2 Å². The zero-order valence-corrected chi connectivity index (χ0v) is 16.0. The molecule has 2 N–H and O–H groups in total. The Kier molecular flexibility index (Phi) is 6.92. The molecule has 0 atom stereocenters. The van der Waals surface area contributed by atoms with E-state index in [1.54, 1.807) is 0 Å². The maximum absolute atomic E-state index is 8.36. The summed E-state index contributed by atoms with van der Waals surface area (Å²) in [4.78, 5) is 12.9. The minimum atomic E-state index is -0.250. The summed E-state index contributed by atoms with van der Waals surface area (Å²) in [6.07, 6.45) is 4.97. The van der Waals surface area contributed by atoms with E-state index in [4.69, 9.17) is 14.4 Å². The molecule has 1 heterocycles. The largest absolute Gasteiger partial charge is 0.483 e. The maximum Gasteiger partial charge on any atom is 0.290 e. The van der Waals surface area contributed by atoms with Gasteiger partial charge in [-0.25, -0.2) is 0 Å². The summed E-state index contributed by atoms with van der Waals surface area (Å²) in [5.41, 5.74) is 4.50. The van der Waals surface area contributed by atoms with E-state index >= 15 is 0 Å². The van der Waals surface area contributed by atoms with Crippen LogP contribution in [0.4, 0.5) is 0 Å². The van der Waals surface area contributed by atoms with Gasteiger partial charge in [0.25, 0.3) is 12.4 Å². The van der Waals surface area contributed by atoms with Gasteiger partial charge in [-0.2, -0.15) is 4.98 Å². The number of carboxylic acid groups (broad SMARTS) is 1. The summed E-state index contributed by atoms with van der Waals surface area (Å²) in [5, 5.41) is 14.6. The first-order chi connectivity index (χ1) is 13.7. The second-order valence-corrected chi connectivity index (χ2v) is 6.79. The molecule has 6 heteroatoms. The number of hydrogen-bond acceptors (Lipinski definition) is 5. The number of aryl methyl sites for hydroxylation is 1. The van der Waals surface area contributed by atoms with Crippen LogP contribution in [0, 0.1) is 0 Å². The van der Waals surface area contributed by atoms with Crippen LogP contribution >= 0.6 is 0 Å². The molecule has 0 amide bonds. The van der Waals surface area contributed by atoms with Crippen LogP contribution in [0.1, 0.15) is 37.3 Å². The van der Waals surface area contributed by atoms with Crippen molar-refractivity contribution in [2.24, 2.45) is 0 Å². The van der Waals surface area contributed by atoms with Crippen molar-refractivity contribution in [3.8, 4) is 22.8 Å². The zero-order chi connectivity index (χ0) is 19.8. The van der Waals surface area contributed by atoms with Gasteiger partial charge in [-0.1, -0.05) is 48.8 Å². The van der Waals surface area contributed by atoms with Gasteiger partial charge in [-0.3, -0.25) is 4.79 Å². The molecule has 2 aromatic carbocycles. The van der Waals surface area contributed by atoms with Crippen molar-refractivity contribution in [1.29, 1.82) is 0 Å². The van der Waals surface area contributed by atoms with Gasteiger partial charge in [0.2, 0.25) is 5.82 Å². The molecule has 0 saturated heterocycles. The van der Waals surface area contributed by atoms with Crippen LogP contribution < -0.4 is 5.32 Å². The normalized spacial score (nSPS) is 13.3. The van der Waals surface area contributed by atoms with Crippen molar-refractivity contribution in [2.75, 3.05) is 0 Å². The summed E-state index contributed by atoms with van der Waals surface area (Å²) in [6, 6.07) is 17.3. The molecular weight excluding hydrogens is 354 g/mol. The van der Waals surface area contributed by atoms with Gasteiger partial charge < -0.3 is 14.9 Å². The molecule has 1 saturated carbocycles. The molecule has 146 valence electrons. The fraction of sp³-hybridized carbons (Fsp3) is 0.318. The van der Waals surface area contributed by atoms with Crippen molar-refractivity contribution in [3.63, 3.8) is 0 Å². The van der Waals surface area contributed by atoms with Crippen molar-refractivity contribution < 1.29 is 14.4 Å². The van der Waals surface area contributed by atoms with Crippen LogP contribution in [0.3, 0.4) is 0 Å². The number of benzene rings is 2. The summed E-state index contributed by atoms with van der Waals surface area (Å²) in [7, 11) is 0. The Morgan fingerprint density at radius 2 is 1.89 bits per heavy atom. The lowest BCUT2D eigenvalue weighted by Crippen LogP contribution is -2.34. The highest BCUT2D eigenvalue weighted by atomic mass is 16.5. The molecule has 0 bridgehead atoms. The molecule has 1 aliphatic rings. The first-order valence-corrected chi connectivity index (χ1v) is 9.57. The van der Waals surface area contributed by atoms with Crippen molar-refractivity contribution in [1.82, 2.24) is 15.5 Å². The summed E-state index contributed by atoms with van der Waals surface area (Å²) < 4.78 is 5.47. The standard InChI is InChI=1S/C21H23N3O.CH2O2/c1-2-15-9-11-17(12-10-15)21-23-20(24-25-21)18-6-3-5-16(13-18)14-22-19-7-4-8-19;2-1-3/h3,5-6,9-13,19,22H,2,4,7-8,14H2,1H3;1H,(H,2,3). The van der Waals surface area contributed by atoms with Gasteiger partial charge >= 0.3 is 0 Å². The Morgan fingerprint density at radius 1 is 1.14 bits per heavy atom. The maximum atomic E-state index is 8.36. The average molecular weight is 379 g/mol. The van der Waals surface area contributed by atoms with Gasteiger partial charge in [-0.15, -0.1) is 0 Å². The van der Waals surface area contributed by atoms with E-state index in [1.807, 2.05) is 18.2 Å². The smallest absolute Gasteiger partial charge is 0.290 e. The molecule has 1 fully saturated rings. The summed E-state index contributed by atoms with van der Waals surface area (Å²) in [6.45, 7) is 2.79. The van der Waals surface area contributed by atoms with E-state index in [2.05, 4.69) is 52.7 Å². The Balaban J connectivity index is 0.000000706. The minimum Gasteiger partial charge on any atom is -0.483 e. The van der Waals surface area contributed by atoms with E-state index in [1.165, 1.54) is 30.4 Å². The van der Waals surface area contributed by atoms with E-state index in [0.717, 1.165) is 24.1 Å². The fourth-order valence-electron chi connectivity index (χ4n) is 3.04. The lowest BCUT2D eigenvalue weighted by molar-refractivity contribution is -0.122. The fourth-order valence-corrected chi connectivity index (χ4v) is 3.04. The molecule has 0 aliphatic heterocycles. The third-order valence-corrected chi connectivity index (χ3v) is 4.92. The highest BCUT2D eigenvalue weighted by molar-refractivity contribution is 5.60. The molecule has 1 aromatic heterocycles. The first kappa shape index (κ1) is 19.8. The molecule has 6 nitrogen and oxygen atoms in total. The molecule has 0 radical (unpaired) electrons. The van der Waals surface area contributed by atoms with Crippen molar-refractivity contribution in [3.05, 3.63) is 59.7 Å². The van der Waals surface area contributed by atoms with E-state index in [9.17, 15) is 0 Å². The molecule has 0 unspecified atom stereocenters. The number of aromatic nitrogens is 2. The van der Waals surface area contributed by atoms with Gasteiger partial charge in [0, 0.05) is 23.7 Å². The minimum absolute atomic E-state index is 0.250. The Labute approximate surface area is 164 Å². The van der Waals surface area contributed by atoms with E-state index in [-0.39, 0.29) is 6.47 Å². The second kappa shape index (κ2) is 9.80. The van der Waals surface area contributed by atoms with Crippen LogP contribution in [0.2, 0.25) is 0 Å². The van der Waals surface area contributed by atoms with E-state index in [0.29, 0.717) is 17.8 Å². The van der Waals surface area contributed by atoms with Gasteiger partial charge in [0.15, 0.2) is 0 Å². The predicted molar refractivity (Wildman–Crippen MR) is 108 cm³/mol. The first-order valence-electron chi connectivity index (χ1n) is 9.57. The van der Waals surface area contributed by atoms with Crippen molar-refractivity contribution >= 4 is 6.47 Å². The Bertz CT molecular complexity index is 886. The zero-order valence-electron chi connectivity index (χ0n) is 16.0. The van der Waals surface area contributed by atoms with Crippen LogP contribution in [0.25, 0.3) is 22.8 Å². The SMILES string of the molecule is CCc1ccc(-c2nc(-c3cccc(CNC4CCC4)c3)no2)cc1.O=CO. The van der Waals surface area contributed by atoms with E-state index < -0.39 is 0 Å². The van der Waals surface area contributed by atoms with Crippen LogP contribution in [-0.2, 0) is 17.8 Å². The van der Waals surface area contributed by atoms with Crippen LogP contribution in [0.15, 0.2) is 53.1 Å². The highest BCUT2D eigenvalue weighted by Gasteiger charge is 2.16. The summed E-state index contributed by atoms with van der Waals surface area (Å²) >= 11 is 0. The summed E-state index contributed by atoms with van der Waals surface area (Å²) in [5.74, 6) is 1.20. The molecular formula is C22H25N3O3. The number of hydrogen-bond donors (Lipinski definition) is 2. The number of nitrogens with one attached hydrogen (secondary N) is 1. The monoisotopic (exact) mass is 379 g/mol. The third-order valence-electron chi connectivity index (χ3n) is 4.92. The molecule has 0 spiro atoms. The topological polar surface area (TPSA) is 88.3 Å². The number of carbonyl (C=O) groups is 1. The van der Waals surface area contributed by atoms with Gasteiger partial charge in [0.05, 0.1) is 0 Å². The molecule has 1 aliphatic carbocycles. The lowest BCUT2D eigenvalue weighted by Gasteiger charge is -2.26. The Morgan fingerprint density at radius 3 is 2.54 bits per heavy atom. The highest BCUT2D eigenvalue weighted by Crippen LogP contribution is 2.24. The van der Waals surface area contributed by atoms with Gasteiger partial charge in [0.1, 0.15) is 0 Å². The lowest BCUT2D eigenvalue weighted by atomic mass is 9.93. The Hall–Kier alpha value is -2.99. The quantitative estimate of drug-likeness (QED) is 0.621. The predicted octanol–water partition coefficient (Wildman–Crippen LogP) is 4.31. The van der Waals surface area contributed by atoms with Gasteiger partial charge in [-0.05, 0) is 48.6 Å². The molecule has 28 heavy (non-hydrogen) atoms. The molecule has 4 rings (SSSR count). The third kappa shape index (κ3) is 5.04. The molecule has 3 aromatic rings. The van der Waals surface area contributed by atoms with Crippen LogP contribution in [-0.4, -0.2) is 27.8 Å². The average Bonchev–Trinajstić information content (AvgIpc) is 3.18.